The van der Waals surface area contributed by atoms with Crippen LogP contribution in [0.25, 0.3) is 0 Å². The third kappa shape index (κ3) is 4.94. The summed E-state index contributed by atoms with van der Waals surface area (Å²) in [6, 6.07) is -1.53. The molecule has 0 aromatic rings. The Morgan fingerprint density at radius 1 is 1.29 bits per heavy atom. The number of hydrogen-bond acceptors (Lipinski definition) is 6. The summed E-state index contributed by atoms with van der Waals surface area (Å²) in [5.41, 5.74) is -2.66. The van der Waals surface area contributed by atoms with Gasteiger partial charge in [0.05, 0.1) is 30.8 Å². The number of hydrogen-bond donors (Lipinski definition) is 1. The van der Waals surface area contributed by atoms with Crippen molar-refractivity contribution in [2.45, 2.75) is 103 Å². The number of aliphatic hydroxyl groups excluding tert-OH is 1. The first-order chi connectivity index (χ1) is 17.7. The Balaban J connectivity index is 2.14. The minimum Gasteiger partial charge on any atom is -0.465 e. The molecule has 3 aliphatic rings. The molecule has 3 fully saturated rings. The van der Waals surface area contributed by atoms with E-state index in [1.807, 2.05) is 48.5 Å². The Hall–Kier alpha value is -2.19. The Kier molecular flexibility index (Phi) is 8.89. The number of allylic oxidation sites excluding steroid dienone is 1. The summed E-state index contributed by atoms with van der Waals surface area (Å²) in [4.78, 5) is 45.7. The zero-order chi connectivity index (χ0) is 28.6. The highest BCUT2D eigenvalue weighted by Gasteiger charge is 2.80. The van der Waals surface area contributed by atoms with Crippen molar-refractivity contribution in [1.29, 1.82) is 0 Å². The average Bonchev–Trinajstić information content (AvgIpc) is 3.34. The average molecular weight is 533 g/mol. The van der Waals surface area contributed by atoms with E-state index in [0.29, 0.717) is 25.8 Å². The van der Waals surface area contributed by atoms with Gasteiger partial charge in [-0.2, -0.15) is 0 Å². The van der Waals surface area contributed by atoms with Gasteiger partial charge in [0.1, 0.15) is 17.6 Å². The van der Waals surface area contributed by atoms with E-state index < -0.39 is 46.6 Å². The van der Waals surface area contributed by atoms with Gasteiger partial charge in [-0.1, -0.05) is 32.9 Å². The summed E-state index contributed by atoms with van der Waals surface area (Å²) in [6.07, 6.45) is 5.81. The van der Waals surface area contributed by atoms with Crippen molar-refractivity contribution < 1.29 is 29.0 Å². The molecule has 0 aromatic heterocycles. The summed E-state index contributed by atoms with van der Waals surface area (Å²) in [5, 5.41) is 10.5. The first kappa shape index (κ1) is 30.4. The molecule has 1 spiro atoms. The highest BCUT2D eigenvalue weighted by molar-refractivity contribution is 5.99. The summed E-state index contributed by atoms with van der Waals surface area (Å²) >= 11 is 0. The van der Waals surface area contributed by atoms with Crippen LogP contribution < -0.4 is 0 Å². The maximum absolute atomic E-state index is 14.5. The van der Waals surface area contributed by atoms with Crippen molar-refractivity contribution in [3.05, 3.63) is 25.3 Å². The number of aliphatic hydroxyl groups is 1. The minimum absolute atomic E-state index is 0.0762. The summed E-state index contributed by atoms with van der Waals surface area (Å²) in [6.45, 7) is 21.6. The number of rotatable bonds is 12. The van der Waals surface area contributed by atoms with Crippen LogP contribution in [0.2, 0.25) is 0 Å². The van der Waals surface area contributed by atoms with Gasteiger partial charge in [0.25, 0.3) is 0 Å². The predicted octanol–water partition coefficient (Wildman–Crippen LogP) is 3.73. The molecule has 214 valence electrons. The molecule has 38 heavy (non-hydrogen) atoms. The van der Waals surface area contributed by atoms with Gasteiger partial charge in [0.2, 0.25) is 11.8 Å². The topological polar surface area (TPSA) is 96.4 Å². The van der Waals surface area contributed by atoms with Crippen molar-refractivity contribution in [3.63, 3.8) is 0 Å². The van der Waals surface area contributed by atoms with E-state index in [9.17, 15) is 19.5 Å². The Labute approximate surface area is 228 Å². The van der Waals surface area contributed by atoms with Crippen LogP contribution in [-0.2, 0) is 23.9 Å². The van der Waals surface area contributed by atoms with Crippen LogP contribution in [0, 0.1) is 23.7 Å². The van der Waals surface area contributed by atoms with Gasteiger partial charge in [0.15, 0.2) is 0 Å². The van der Waals surface area contributed by atoms with Crippen LogP contribution in [0.5, 0.6) is 0 Å². The lowest BCUT2D eigenvalue weighted by atomic mass is 9.62. The zero-order valence-electron chi connectivity index (χ0n) is 24.4. The molecule has 2 amide bonds. The molecule has 8 nitrogen and oxygen atoms in total. The van der Waals surface area contributed by atoms with Crippen LogP contribution in [0.4, 0.5) is 0 Å². The van der Waals surface area contributed by atoms with Gasteiger partial charge >= 0.3 is 5.97 Å². The molecule has 0 saturated carbocycles. The monoisotopic (exact) mass is 532 g/mol. The maximum atomic E-state index is 14.5. The van der Waals surface area contributed by atoms with Gasteiger partial charge in [-0.25, -0.2) is 0 Å². The fraction of sp³-hybridized carbons (Fsp3) is 0.767. The summed E-state index contributed by atoms with van der Waals surface area (Å²) in [5.74, 6) is -2.59. The molecule has 3 unspecified atom stereocenters. The fourth-order valence-electron chi connectivity index (χ4n) is 6.99. The van der Waals surface area contributed by atoms with E-state index >= 15 is 0 Å². The summed E-state index contributed by atoms with van der Waals surface area (Å²) < 4.78 is 12.5. The second-order valence-corrected chi connectivity index (χ2v) is 12.9. The van der Waals surface area contributed by atoms with Crippen LogP contribution in [0.1, 0.15) is 74.1 Å². The molecule has 2 bridgehead atoms. The molecule has 7 atom stereocenters. The van der Waals surface area contributed by atoms with E-state index in [-0.39, 0.29) is 36.9 Å². The van der Waals surface area contributed by atoms with E-state index in [2.05, 4.69) is 13.2 Å². The molecule has 8 heteroatoms. The Bertz CT molecular complexity index is 942. The second-order valence-electron chi connectivity index (χ2n) is 12.9. The standard InChI is InChI=1S/C30H48N2O6/c1-10-12-13-15-37-27(36)23-22-25(34)32(21(18-33)16-19(3)4)24(26(35)31(14-11-2)28(6,7)8)30(22)17-20(5)29(23,9)38-30/h10-11,19-24,33H,1-2,12-18H2,3-9H3/t20?,21-,22+,23-,24?,29+,30?/m1/s1. The van der Waals surface area contributed by atoms with E-state index in [4.69, 9.17) is 9.47 Å². The molecule has 3 saturated heterocycles. The Morgan fingerprint density at radius 3 is 2.47 bits per heavy atom. The molecular weight excluding hydrogens is 484 g/mol. The van der Waals surface area contributed by atoms with Crippen molar-refractivity contribution >= 4 is 17.8 Å². The number of carbonyl (C=O) groups excluding carboxylic acids is 3. The van der Waals surface area contributed by atoms with Crippen molar-refractivity contribution in [1.82, 2.24) is 9.80 Å². The second kappa shape index (κ2) is 11.1. The predicted molar refractivity (Wildman–Crippen MR) is 146 cm³/mol. The first-order valence-corrected chi connectivity index (χ1v) is 14.0. The highest BCUT2D eigenvalue weighted by atomic mass is 16.6. The van der Waals surface area contributed by atoms with Gasteiger partial charge in [-0.05, 0) is 65.2 Å². The lowest BCUT2D eigenvalue weighted by Gasteiger charge is -2.43. The lowest BCUT2D eigenvalue weighted by Crippen LogP contribution is -2.61. The van der Waals surface area contributed by atoms with Crippen molar-refractivity contribution in [3.8, 4) is 0 Å². The number of ether oxygens (including phenoxy) is 2. The number of fused-ring (bicyclic) bond motifs is 1. The highest BCUT2D eigenvalue weighted by Crippen LogP contribution is 2.66. The van der Waals surface area contributed by atoms with Gasteiger partial charge in [-0.15, -0.1) is 13.2 Å². The molecule has 1 N–H and O–H groups in total. The van der Waals surface area contributed by atoms with Crippen LogP contribution >= 0.6 is 0 Å². The molecule has 0 aromatic carbocycles. The minimum atomic E-state index is -1.18. The van der Waals surface area contributed by atoms with E-state index in [1.165, 1.54) is 0 Å². The number of unbranched alkanes of at least 4 members (excludes halogenated alkanes) is 1. The number of nitrogens with zero attached hydrogens (tertiary/aromatic N) is 2. The van der Waals surface area contributed by atoms with Crippen LogP contribution in [0.3, 0.4) is 0 Å². The number of likely N-dealkylation sites (tertiary alicyclic amines) is 1. The molecule has 0 aliphatic carbocycles. The first-order valence-electron chi connectivity index (χ1n) is 14.0. The van der Waals surface area contributed by atoms with Crippen LogP contribution in [0.15, 0.2) is 25.3 Å². The number of esters is 1. The third-order valence-corrected chi connectivity index (χ3v) is 8.77. The summed E-state index contributed by atoms with van der Waals surface area (Å²) in [7, 11) is 0. The zero-order valence-corrected chi connectivity index (χ0v) is 24.4. The molecular formula is C30H48N2O6. The van der Waals surface area contributed by atoms with Crippen molar-refractivity contribution in [2.24, 2.45) is 23.7 Å². The number of amides is 2. The normalized spacial score (nSPS) is 32.9. The number of carbonyl (C=O) groups is 3. The Morgan fingerprint density at radius 2 is 1.95 bits per heavy atom. The SMILES string of the molecule is C=CCCCOC(=O)[C@H]1[C@H]2C(=O)N([C@@H](CO)CC(C)C)C(C(=O)N(CC=C)C(C)(C)C)C23CC(C)[C@]1(C)O3. The van der Waals surface area contributed by atoms with Gasteiger partial charge in [0, 0.05) is 12.1 Å². The molecule has 3 heterocycles. The largest absolute Gasteiger partial charge is 0.465 e. The fourth-order valence-corrected chi connectivity index (χ4v) is 6.99. The van der Waals surface area contributed by atoms with Crippen LogP contribution in [-0.4, -0.2) is 81.3 Å². The van der Waals surface area contributed by atoms with Crippen molar-refractivity contribution in [2.75, 3.05) is 19.8 Å². The van der Waals surface area contributed by atoms with Gasteiger partial charge in [-0.3, -0.25) is 14.4 Å². The van der Waals surface area contributed by atoms with E-state index in [1.54, 1.807) is 22.0 Å². The quantitative estimate of drug-likeness (QED) is 0.234. The molecule has 0 radical (unpaired) electrons. The van der Waals surface area contributed by atoms with E-state index in [0.717, 1.165) is 6.42 Å². The molecule has 3 aliphatic heterocycles. The molecule has 3 rings (SSSR count). The smallest absolute Gasteiger partial charge is 0.312 e. The third-order valence-electron chi connectivity index (χ3n) is 8.77. The van der Waals surface area contributed by atoms with Gasteiger partial charge < -0.3 is 24.4 Å². The lowest BCUT2D eigenvalue weighted by molar-refractivity contribution is -0.165. The maximum Gasteiger partial charge on any atom is 0.312 e.